The molecule has 0 aromatic heterocycles. The second kappa shape index (κ2) is 20.7. The quantitative estimate of drug-likeness (QED) is 0.0630. The van der Waals surface area contributed by atoms with E-state index in [9.17, 15) is 28.8 Å². The molecule has 0 aliphatic rings. The van der Waals surface area contributed by atoms with Crippen LogP contribution in [-0.4, -0.2) is 47.3 Å². The zero-order valence-corrected chi connectivity index (χ0v) is 37.1. The molecule has 0 radical (unpaired) electrons. The first-order chi connectivity index (χ1) is 29.3. The number of carbonyl (C=O) groups is 6. The van der Waals surface area contributed by atoms with E-state index >= 15 is 0 Å². The van der Waals surface area contributed by atoms with Crippen LogP contribution in [0.25, 0.3) is 0 Å². The monoisotopic (exact) mass is 934 g/mol. The molecule has 4 N–H and O–H groups in total. The summed E-state index contributed by atoms with van der Waals surface area (Å²) in [5, 5.41) is 27.7. The van der Waals surface area contributed by atoms with Crippen LogP contribution in [0.2, 0.25) is 25.1 Å². The SMILES string of the molecule is CC(=O)[C@@H](N=Nc1cc(C(=O)Nc2cccc(Cl)c2C)ccc1Cl)C(=O)Nc1cc(Cl)c(NC(=O)[C@H](N=Nc2cc(C(=O)Nc3cccc(Cl)c3C)ccc2Cl)C(C)=O)cc1C. The summed E-state index contributed by atoms with van der Waals surface area (Å²) in [6, 6.07) is 18.1. The molecule has 0 saturated carbocycles. The van der Waals surface area contributed by atoms with E-state index in [1.165, 1.54) is 48.5 Å². The van der Waals surface area contributed by atoms with Gasteiger partial charge >= 0.3 is 0 Å². The fraction of sp³-hybridized carbons (Fsp3) is 0.163. The predicted octanol–water partition coefficient (Wildman–Crippen LogP) is 11.7. The Morgan fingerprint density at radius 3 is 1.31 bits per heavy atom. The number of benzene rings is 5. The van der Waals surface area contributed by atoms with Gasteiger partial charge in [-0.1, -0.05) is 70.1 Å². The van der Waals surface area contributed by atoms with Crippen molar-refractivity contribution in [1.29, 1.82) is 0 Å². The van der Waals surface area contributed by atoms with E-state index in [0.29, 0.717) is 38.1 Å². The van der Waals surface area contributed by atoms with Gasteiger partial charge in [-0.2, -0.15) is 20.5 Å². The van der Waals surface area contributed by atoms with E-state index in [0.717, 1.165) is 13.8 Å². The third-order valence-corrected chi connectivity index (χ3v) is 10.9. The minimum atomic E-state index is -1.65. The van der Waals surface area contributed by atoms with Crippen LogP contribution in [0, 0.1) is 20.8 Å². The van der Waals surface area contributed by atoms with Crippen LogP contribution in [0.15, 0.2) is 105 Å². The lowest BCUT2D eigenvalue weighted by Gasteiger charge is -2.16. The number of anilines is 4. The lowest BCUT2D eigenvalue weighted by atomic mass is 10.1. The average Bonchev–Trinajstić information content (AvgIpc) is 3.21. The van der Waals surface area contributed by atoms with Crippen molar-refractivity contribution in [1.82, 2.24) is 0 Å². The maximum absolute atomic E-state index is 13.4. The summed E-state index contributed by atoms with van der Waals surface area (Å²) in [6.45, 7) is 7.39. The molecule has 14 nitrogen and oxygen atoms in total. The first-order valence-corrected chi connectivity index (χ1v) is 20.2. The minimum Gasteiger partial charge on any atom is -0.323 e. The number of nitrogens with zero attached hydrogens (tertiary/aromatic N) is 4. The zero-order valence-electron chi connectivity index (χ0n) is 33.4. The maximum Gasteiger partial charge on any atom is 0.258 e. The second-order valence-electron chi connectivity index (χ2n) is 13.6. The Kier molecular flexibility index (Phi) is 15.7. The van der Waals surface area contributed by atoms with Gasteiger partial charge in [0, 0.05) is 38.2 Å². The molecule has 4 amide bonds. The smallest absolute Gasteiger partial charge is 0.258 e. The number of nitrogens with one attached hydrogen (secondary N) is 4. The maximum atomic E-state index is 13.4. The summed E-state index contributed by atoms with van der Waals surface area (Å²) in [5.74, 6) is -4.06. The first kappa shape index (κ1) is 47.0. The van der Waals surface area contributed by atoms with Crippen LogP contribution in [0.3, 0.4) is 0 Å². The van der Waals surface area contributed by atoms with Crippen LogP contribution in [0.4, 0.5) is 34.1 Å². The Labute approximate surface area is 380 Å². The number of hydrogen-bond acceptors (Lipinski definition) is 10. The van der Waals surface area contributed by atoms with E-state index in [1.807, 2.05) is 0 Å². The molecule has 318 valence electrons. The molecular formula is C43H35Cl5N8O6. The number of amides is 4. The molecule has 0 unspecified atom stereocenters. The molecule has 0 aliphatic heterocycles. The largest absolute Gasteiger partial charge is 0.323 e. The number of hydrogen-bond donors (Lipinski definition) is 4. The third-order valence-electron chi connectivity index (χ3n) is 9.11. The summed E-state index contributed by atoms with van der Waals surface area (Å²) in [5.41, 5.74) is 3.34. The van der Waals surface area contributed by atoms with Gasteiger partial charge in [0.1, 0.15) is 11.4 Å². The highest BCUT2D eigenvalue weighted by Gasteiger charge is 2.27. The molecule has 5 aromatic carbocycles. The van der Waals surface area contributed by atoms with E-state index in [4.69, 9.17) is 58.0 Å². The van der Waals surface area contributed by atoms with Crippen molar-refractivity contribution in [2.24, 2.45) is 20.5 Å². The van der Waals surface area contributed by atoms with Gasteiger partial charge in [0.2, 0.25) is 12.1 Å². The number of halogens is 5. The van der Waals surface area contributed by atoms with Gasteiger partial charge in [-0.25, -0.2) is 0 Å². The normalized spacial score (nSPS) is 12.2. The van der Waals surface area contributed by atoms with E-state index in [-0.39, 0.29) is 48.9 Å². The van der Waals surface area contributed by atoms with Crippen molar-refractivity contribution >= 4 is 127 Å². The fourth-order valence-electron chi connectivity index (χ4n) is 5.53. The van der Waals surface area contributed by atoms with Gasteiger partial charge < -0.3 is 21.3 Å². The Bertz CT molecular complexity index is 2530. The molecular weight excluding hydrogens is 902 g/mol. The van der Waals surface area contributed by atoms with Gasteiger partial charge in [-0.3, -0.25) is 28.8 Å². The Morgan fingerprint density at radius 2 is 0.887 bits per heavy atom. The summed E-state index contributed by atoms with van der Waals surface area (Å²) >= 11 is 31.5. The lowest BCUT2D eigenvalue weighted by molar-refractivity contribution is -0.127. The standard InChI is InChI=1S/C43H35Cl5N8O6/c1-20-16-35(52-43(62)39(24(5)58)56-54-37-18-26(13-15-30(37)47)41(60)50-33-11-7-9-28(45)22(33)3)31(48)19-34(20)51-42(61)38(23(4)57)55-53-36-17-25(12-14-29(36)46)40(59)49-32-10-6-8-27(44)21(32)2/h6-19,38-39H,1-5H3,(H,49,59)(H,50,60)(H,51,61)(H,52,62)/t38-,39-/m1/s1. The molecule has 19 heteroatoms. The molecule has 0 heterocycles. The summed E-state index contributed by atoms with van der Waals surface area (Å²) in [7, 11) is 0. The second-order valence-corrected chi connectivity index (χ2v) is 15.7. The zero-order chi connectivity index (χ0) is 45.4. The molecule has 5 rings (SSSR count). The molecule has 62 heavy (non-hydrogen) atoms. The molecule has 0 spiro atoms. The molecule has 0 aliphatic carbocycles. The number of azo groups is 2. The minimum absolute atomic E-state index is 0.0163. The van der Waals surface area contributed by atoms with Gasteiger partial charge in [-0.15, -0.1) is 0 Å². The lowest BCUT2D eigenvalue weighted by Crippen LogP contribution is -2.32. The molecule has 0 fully saturated rings. The Morgan fingerprint density at radius 1 is 0.468 bits per heavy atom. The first-order valence-electron chi connectivity index (χ1n) is 18.3. The third kappa shape index (κ3) is 11.7. The van der Waals surface area contributed by atoms with Crippen LogP contribution < -0.4 is 21.3 Å². The summed E-state index contributed by atoms with van der Waals surface area (Å²) in [6.07, 6.45) is 0. The van der Waals surface area contributed by atoms with Crippen molar-refractivity contribution in [2.45, 2.75) is 46.7 Å². The highest BCUT2D eigenvalue weighted by Crippen LogP contribution is 2.32. The highest BCUT2D eigenvalue weighted by atomic mass is 35.5. The number of carbonyl (C=O) groups excluding carboxylic acids is 6. The van der Waals surface area contributed by atoms with Gasteiger partial charge in [-0.05, 0) is 124 Å². The van der Waals surface area contributed by atoms with Crippen LogP contribution >= 0.6 is 58.0 Å². The van der Waals surface area contributed by atoms with E-state index in [1.54, 1.807) is 57.2 Å². The highest BCUT2D eigenvalue weighted by molar-refractivity contribution is 6.35. The molecule has 0 saturated heterocycles. The van der Waals surface area contributed by atoms with E-state index < -0.39 is 47.3 Å². The van der Waals surface area contributed by atoms with Crippen molar-refractivity contribution in [3.8, 4) is 0 Å². The fourth-order valence-corrected chi connectivity index (χ4v) is 6.40. The van der Waals surface area contributed by atoms with Gasteiger partial charge in [0.05, 0.1) is 20.8 Å². The van der Waals surface area contributed by atoms with Crippen molar-refractivity contribution in [3.05, 3.63) is 138 Å². The molecule has 2 atom stereocenters. The summed E-state index contributed by atoms with van der Waals surface area (Å²) in [4.78, 5) is 77.9. The van der Waals surface area contributed by atoms with Crippen molar-refractivity contribution in [3.63, 3.8) is 0 Å². The van der Waals surface area contributed by atoms with Crippen LogP contribution in [0.1, 0.15) is 51.3 Å². The number of rotatable bonds is 14. The van der Waals surface area contributed by atoms with Gasteiger partial charge in [0.15, 0.2) is 11.6 Å². The molecule has 0 bridgehead atoms. The van der Waals surface area contributed by atoms with Crippen molar-refractivity contribution < 1.29 is 28.8 Å². The van der Waals surface area contributed by atoms with Gasteiger partial charge in [0.25, 0.3) is 23.6 Å². The number of Topliss-reactive ketones (excluding diaryl/α,β-unsaturated/α-hetero) is 2. The van der Waals surface area contributed by atoms with Crippen LogP contribution in [0.5, 0.6) is 0 Å². The number of ketones is 2. The number of aryl methyl sites for hydroxylation is 1. The Balaban J connectivity index is 1.27. The predicted molar refractivity (Wildman–Crippen MR) is 243 cm³/mol. The topological polar surface area (TPSA) is 200 Å². The van der Waals surface area contributed by atoms with E-state index in [2.05, 4.69) is 41.7 Å². The van der Waals surface area contributed by atoms with Crippen LogP contribution in [-0.2, 0) is 19.2 Å². The average molecular weight is 937 g/mol. The molecule has 5 aromatic rings. The van der Waals surface area contributed by atoms with Crippen molar-refractivity contribution in [2.75, 3.05) is 21.3 Å². The summed E-state index contributed by atoms with van der Waals surface area (Å²) < 4.78 is 0. The Hall–Kier alpha value is -6.03.